The maximum Gasteiger partial charge on any atom is 0.270 e. The number of thiocarbonyl (C=S) groups is 1. The van der Waals surface area contributed by atoms with E-state index in [1.165, 1.54) is 11.8 Å². The van der Waals surface area contributed by atoms with Gasteiger partial charge in [-0.1, -0.05) is 54.8 Å². The first-order valence-electron chi connectivity index (χ1n) is 8.41. The van der Waals surface area contributed by atoms with E-state index in [-0.39, 0.29) is 5.91 Å². The Balaban J connectivity index is 1.97. The van der Waals surface area contributed by atoms with Gasteiger partial charge in [-0.3, -0.25) is 9.69 Å². The lowest BCUT2D eigenvalue weighted by molar-refractivity contribution is -0.113. The quantitative estimate of drug-likeness (QED) is 0.254. The second-order valence-electron chi connectivity index (χ2n) is 5.70. The molecule has 1 fully saturated rings. The molecule has 144 valence electrons. The van der Waals surface area contributed by atoms with Gasteiger partial charge in [0.2, 0.25) is 0 Å². The molecule has 0 atom stereocenters. The topological polar surface area (TPSA) is 38.8 Å². The van der Waals surface area contributed by atoms with Crippen molar-refractivity contribution in [2.24, 2.45) is 0 Å². The zero-order valence-corrected chi connectivity index (χ0v) is 18.0. The molecule has 1 saturated heterocycles. The predicted octanol–water partition coefficient (Wildman–Crippen LogP) is 5.39. The molecule has 2 aromatic rings. The SMILES string of the molecule is C=CCOc1c(/C=C2\SC(=S)N(c3cccc(SC)c3)C2=O)cccc1OC. The van der Waals surface area contributed by atoms with Gasteiger partial charge in [-0.05, 0) is 36.6 Å². The highest BCUT2D eigenvalue weighted by Crippen LogP contribution is 2.39. The second kappa shape index (κ2) is 9.32. The number of carbonyl (C=O) groups is 1. The van der Waals surface area contributed by atoms with Crippen LogP contribution < -0.4 is 14.4 Å². The molecule has 28 heavy (non-hydrogen) atoms. The van der Waals surface area contributed by atoms with E-state index in [1.54, 1.807) is 35.9 Å². The Bertz CT molecular complexity index is 956. The van der Waals surface area contributed by atoms with Crippen molar-refractivity contribution in [1.29, 1.82) is 0 Å². The monoisotopic (exact) mass is 429 g/mol. The van der Waals surface area contributed by atoms with Crippen LogP contribution in [-0.4, -0.2) is 30.2 Å². The summed E-state index contributed by atoms with van der Waals surface area (Å²) in [6.07, 6.45) is 5.45. The van der Waals surface area contributed by atoms with Crippen LogP contribution in [0, 0.1) is 0 Å². The van der Waals surface area contributed by atoms with Crippen LogP contribution in [0.4, 0.5) is 5.69 Å². The minimum Gasteiger partial charge on any atom is -0.493 e. The van der Waals surface area contributed by atoms with E-state index < -0.39 is 0 Å². The van der Waals surface area contributed by atoms with Crippen LogP contribution in [0.15, 0.2) is 64.9 Å². The summed E-state index contributed by atoms with van der Waals surface area (Å²) in [5, 5.41) is 0. The van der Waals surface area contributed by atoms with Gasteiger partial charge < -0.3 is 9.47 Å². The highest BCUT2D eigenvalue weighted by atomic mass is 32.2. The molecule has 0 bridgehead atoms. The van der Waals surface area contributed by atoms with Crippen LogP contribution in [0.1, 0.15) is 5.56 Å². The molecule has 7 heteroatoms. The van der Waals surface area contributed by atoms with E-state index >= 15 is 0 Å². The van der Waals surface area contributed by atoms with Crippen LogP contribution in [-0.2, 0) is 4.79 Å². The number of hydrogen-bond donors (Lipinski definition) is 0. The zero-order valence-electron chi connectivity index (χ0n) is 15.5. The number of carbonyl (C=O) groups excluding carboxylic acids is 1. The minimum atomic E-state index is -0.147. The molecule has 4 nitrogen and oxygen atoms in total. The second-order valence-corrected chi connectivity index (χ2v) is 8.25. The molecule has 1 heterocycles. The summed E-state index contributed by atoms with van der Waals surface area (Å²) in [5.74, 6) is 1.02. The van der Waals surface area contributed by atoms with Gasteiger partial charge in [-0.15, -0.1) is 11.8 Å². The van der Waals surface area contributed by atoms with Gasteiger partial charge >= 0.3 is 0 Å². The maximum atomic E-state index is 13.1. The molecule has 0 aliphatic carbocycles. The number of ether oxygens (including phenoxy) is 2. The Morgan fingerprint density at radius 2 is 2.07 bits per heavy atom. The molecule has 3 rings (SSSR count). The fourth-order valence-corrected chi connectivity index (χ4v) is 4.43. The first-order chi connectivity index (χ1) is 13.6. The zero-order chi connectivity index (χ0) is 20.1. The Morgan fingerprint density at radius 3 is 2.79 bits per heavy atom. The van der Waals surface area contributed by atoms with Gasteiger partial charge in [0.05, 0.1) is 17.7 Å². The molecule has 0 unspecified atom stereocenters. The van der Waals surface area contributed by atoms with Crippen LogP contribution >= 0.6 is 35.7 Å². The smallest absolute Gasteiger partial charge is 0.270 e. The molecule has 0 saturated carbocycles. The third-order valence-electron chi connectivity index (χ3n) is 3.97. The summed E-state index contributed by atoms with van der Waals surface area (Å²) < 4.78 is 11.7. The van der Waals surface area contributed by atoms with Gasteiger partial charge in [-0.25, -0.2) is 0 Å². The Labute approximate surface area is 178 Å². The predicted molar refractivity (Wildman–Crippen MR) is 123 cm³/mol. The van der Waals surface area contributed by atoms with Gasteiger partial charge in [0.15, 0.2) is 15.8 Å². The Morgan fingerprint density at radius 1 is 1.29 bits per heavy atom. The number of hydrogen-bond acceptors (Lipinski definition) is 6. The van der Waals surface area contributed by atoms with Crippen molar-refractivity contribution in [3.05, 3.63) is 65.6 Å². The lowest BCUT2D eigenvalue weighted by Crippen LogP contribution is -2.27. The largest absolute Gasteiger partial charge is 0.493 e. The number of benzene rings is 2. The highest BCUT2D eigenvalue weighted by molar-refractivity contribution is 8.27. The number of para-hydroxylation sites is 1. The summed E-state index contributed by atoms with van der Waals surface area (Å²) in [5.41, 5.74) is 1.52. The van der Waals surface area contributed by atoms with Crippen LogP contribution in [0.25, 0.3) is 6.08 Å². The lowest BCUT2D eigenvalue weighted by Gasteiger charge is -2.15. The van der Waals surface area contributed by atoms with Gasteiger partial charge in [0, 0.05) is 10.5 Å². The summed E-state index contributed by atoms with van der Waals surface area (Å²) in [6, 6.07) is 13.3. The van der Waals surface area contributed by atoms with Crippen molar-refractivity contribution in [1.82, 2.24) is 0 Å². The van der Waals surface area contributed by atoms with E-state index in [2.05, 4.69) is 6.58 Å². The van der Waals surface area contributed by atoms with Crippen LogP contribution in [0.3, 0.4) is 0 Å². The van der Waals surface area contributed by atoms with Gasteiger partial charge in [-0.2, -0.15) is 0 Å². The average molecular weight is 430 g/mol. The normalized spacial score (nSPS) is 15.2. The molecule has 0 radical (unpaired) electrons. The lowest BCUT2D eigenvalue weighted by atomic mass is 10.1. The van der Waals surface area contributed by atoms with Crippen molar-refractivity contribution in [3.63, 3.8) is 0 Å². The van der Waals surface area contributed by atoms with Gasteiger partial charge in [0.1, 0.15) is 6.61 Å². The maximum absolute atomic E-state index is 13.1. The summed E-state index contributed by atoms with van der Waals surface area (Å²) in [4.78, 5) is 16.2. The van der Waals surface area contributed by atoms with Crippen LogP contribution in [0.2, 0.25) is 0 Å². The third-order valence-corrected chi connectivity index (χ3v) is 5.99. The van der Waals surface area contributed by atoms with Crippen molar-refractivity contribution < 1.29 is 14.3 Å². The van der Waals surface area contributed by atoms with Crippen molar-refractivity contribution >= 4 is 57.7 Å². The molecule has 2 aromatic carbocycles. The number of nitrogens with zero attached hydrogens (tertiary/aromatic N) is 1. The minimum absolute atomic E-state index is 0.147. The summed E-state index contributed by atoms with van der Waals surface area (Å²) in [7, 11) is 1.58. The molecule has 1 amide bonds. The third kappa shape index (κ3) is 4.27. The number of anilines is 1. The van der Waals surface area contributed by atoms with Gasteiger partial charge in [0.25, 0.3) is 5.91 Å². The van der Waals surface area contributed by atoms with E-state index in [1.807, 2.05) is 48.7 Å². The summed E-state index contributed by atoms with van der Waals surface area (Å²) >= 11 is 8.37. The van der Waals surface area contributed by atoms with Crippen molar-refractivity contribution in [2.75, 3.05) is 24.9 Å². The molecular formula is C21H19NO3S3. The average Bonchev–Trinajstić information content (AvgIpc) is 2.99. The number of methoxy groups -OCH3 is 1. The summed E-state index contributed by atoms with van der Waals surface area (Å²) in [6.45, 7) is 4.02. The molecular weight excluding hydrogens is 410 g/mol. The van der Waals surface area contributed by atoms with E-state index in [4.69, 9.17) is 21.7 Å². The first-order valence-corrected chi connectivity index (χ1v) is 10.9. The number of amides is 1. The van der Waals surface area contributed by atoms with E-state index in [9.17, 15) is 4.79 Å². The first kappa shape index (κ1) is 20.5. The standard InChI is InChI=1S/C21H19NO3S3/c1-4-11-25-19-14(7-5-10-17(19)24-2)12-18-20(23)22(21(26)28-18)15-8-6-9-16(13-15)27-3/h4-10,12-13H,1,11H2,2-3H3/b18-12-. The molecule has 1 aliphatic rings. The molecule has 1 aliphatic heterocycles. The fraction of sp³-hybridized carbons (Fsp3) is 0.143. The molecule has 0 aromatic heterocycles. The Kier molecular flexibility index (Phi) is 6.83. The van der Waals surface area contributed by atoms with E-state index in [0.717, 1.165) is 16.1 Å². The highest BCUT2D eigenvalue weighted by Gasteiger charge is 2.33. The molecule has 0 spiro atoms. The van der Waals surface area contributed by atoms with Crippen molar-refractivity contribution in [3.8, 4) is 11.5 Å². The number of thioether (sulfide) groups is 2. The van der Waals surface area contributed by atoms with E-state index in [0.29, 0.717) is 27.3 Å². The Hall–Kier alpha value is -2.22. The molecule has 0 N–H and O–H groups in total. The fourth-order valence-electron chi connectivity index (χ4n) is 2.69. The number of rotatable bonds is 7. The van der Waals surface area contributed by atoms with Crippen LogP contribution in [0.5, 0.6) is 11.5 Å². The van der Waals surface area contributed by atoms with Crippen molar-refractivity contribution in [2.45, 2.75) is 4.90 Å².